The molecule has 8 aromatic rings. The Morgan fingerprint density at radius 2 is 1.42 bits per heavy atom. The normalized spacial score (nSPS) is 14.5. The number of fused-ring (bicyclic) bond motifs is 8. The lowest BCUT2D eigenvalue weighted by Crippen LogP contribution is -2.15. The van der Waals surface area contributed by atoms with Gasteiger partial charge < -0.3 is 4.42 Å². The Labute approximate surface area is 264 Å². The third kappa shape index (κ3) is 3.56. The van der Waals surface area contributed by atoms with Crippen LogP contribution in [-0.2, 0) is 10.8 Å². The second-order valence-corrected chi connectivity index (χ2v) is 15.2. The first-order valence-corrected chi connectivity index (χ1v) is 16.4. The van der Waals surface area contributed by atoms with E-state index in [0.717, 1.165) is 11.2 Å². The largest absolute Gasteiger partial charge is 0.455 e. The zero-order valence-electron chi connectivity index (χ0n) is 27.2. The number of benzene rings is 7. The summed E-state index contributed by atoms with van der Waals surface area (Å²) in [5, 5.41) is 10.2. The van der Waals surface area contributed by atoms with Gasteiger partial charge in [-0.1, -0.05) is 115 Å². The zero-order chi connectivity index (χ0) is 31.0. The van der Waals surface area contributed by atoms with Crippen molar-refractivity contribution >= 4 is 54.3 Å². The molecule has 0 radical (unpaired) electrons. The highest BCUT2D eigenvalue weighted by Crippen LogP contribution is 2.55. The molecule has 0 fully saturated rings. The standard InChI is InChI=1S/C44H38O/c1-24(2)25-16-18-38-32(20-25)35-21-27-15-17-30-40-33(23-34-29-13-8-9-14-37(29)44(6,7)41(30)34)31(22-36(39(27)40)42(35)45-38)26-11-10-12-28(19-26)43(3,4)5/h8-24H,1-7H3. The van der Waals surface area contributed by atoms with Crippen LogP contribution in [0.25, 0.3) is 76.5 Å². The molecule has 0 spiro atoms. The van der Waals surface area contributed by atoms with Crippen LogP contribution in [0.2, 0.25) is 0 Å². The van der Waals surface area contributed by atoms with Gasteiger partial charge in [0.1, 0.15) is 11.2 Å². The summed E-state index contributed by atoms with van der Waals surface area (Å²) in [6.45, 7) is 16.2. The summed E-state index contributed by atoms with van der Waals surface area (Å²) in [4.78, 5) is 0. The minimum atomic E-state index is -0.0948. The Morgan fingerprint density at radius 1 is 0.622 bits per heavy atom. The van der Waals surface area contributed by atoms with Crippen molar-refractivity contribution in [2.24, 2.45) is 0 Å². The Hall–Kier alpha value is -4.62. The Balaban J connectivity index is 1.49. The SMILES string of the molecule is CC(C)c1ccc2oc3c(cc4ccc5c6c(cc7c(-c8cccc(C(C)(C)C)c8)cc3c4c75)-c3ccccc3C6(C)C)c2c1. The van der Waals surface area contributed by atoms with E-state index in [2.05, 4.69) is 146 Å². The second-order valence-electron chi connectivity index (χ2n) is 15.2. The van der Waals surface area contributed by atoms with Gasteiger partial charge in [0.15, 0.2) is 0 Å². The third-order valence-electron chi connectivity index (χ3n) is 10.7. The van der Waals surface area contributed by atoms with E-state index < -0.39 is 0 Å². The molecule has 1 aliphatic carbocycles. The molecule has 220 valence electrons. The lowest BCUT2D eigenvalue weighted by Gasteiger charge is -2.25. The Bertz CT molecular complexity index is 2510. The van der Waals surface area contributed by atoms with Crippen molar-refractivity contribution in [2.45, 2.75) is 65.2 Å². The molecule has 7 aromatic carbocycles. The molecule has 0 N–H and O–H groups in total. The van der Waals surface area contributed by atoms with Crippen molar-refractivity contribution in [3.05, 3.63) is 119 Å². The fraction of sp³-hybridized carbons (Fsp3) is 0.227. The van der Waals surface area contributed by atoms with Gasteiger partial charge in [0.25, 0.3) is 0 Å². The van der Waals surface area contributed by atoms with Crippen LogP contribution in [0, 0.1) is 0 Å². The van der Waals surface area contributed by atoms with Crippen molar-refractivity contribution in [1.82, 2.24) is 0 Å². The number of hydrogen-bond donors (Lipinski definition) is 0. The van der Waals surface area contributed by atoms with Crippen molar-refractivity contribution in [1.29, 1.82) is 0 Å². The fourth-order valence-electron chi connectivity index (χ4n) is 8.30. The van der Waals surface area contributed by atoms with E-state index in [1.165, 1.54) is 87.6 Å². The number of furan rings is 1. The van der Waals surface area contributed by atoms with Gasteiger partial charge in [-0.25, -0.2) is 0 Å². The van der Waals surface area contributed by atoms with Crippen molar-refractivity contribution in [2.75, 3.05) is 0 Å². The number of hydrogen-bond acceptors (Lipinski definition) is 1. The van der Waals surface area contributed by atoms with Gasteiger partial charge in [-0.3, -0.25) is 0 Å². The summed E-state index contributed by atoms with van der Waals surface area (Å²) in [7, 11) is 0. The predicted molar refractivity (Wildman–Crippen MR) is 193 cm³/mol. The van der Waals surface area contributed by atoms with E-state index in [0.29, 0.717) is 5.92 Å². The molecule has 0 unspecified atom stereocenters. The van der Waals surface area contributed by atoms with E-state index in [-0.39, 0.29) is 10.8 Å². The first-order chi connectivity index (χ1) is 21.5. The van der Waals surface area contributed by atoms with Crippen LogP contribution in [0.3, 0.4) is 0 Å². The van der Waals surface area contributed by atoms with E-state index in [4.69, 9.17) is 4.42 Å². The quantitative estimate of drug-likeness (QED) is 0.185. The number of rotatable bonds is 2. The van der Waals surface area contributed by atoms with E-state index in [9.17, 15) is 0 Å². The Kier molecular flexibility index (Phi) is 5.21. The van der Waals surface area contributed by atoms with Gasteiger partial charge in [0.2, 0.25) is 0 Å². The molecular weight excluding hydrogens is 544 g/mol. The fourth-order valence-corrected chi connectivity index (χ4v) is 8.30. The van der Waals surface area contributed by atoms with Gasteiger partial charge in [-0.15, -0.1) is 0 Å². The van der Waals surface area contributed by atoms with Crippen LogP contribution >= 0.6 is 0 Å². The van der Waals surface area contributed by atoms with Crippen molar-refractivity contribution in [3.8, 4) is 22.3 Å². The Morgan fingerprint density at radius 3 is 2.22 bits per heavy atom. The average Bonchev–Trinajstić information content (AvgIpc) is 3.50. The summed E-state index contributed by atoms with van der Waals surface area (Å²) in [5.41, 5.74) is 12.7. The third-order valence-corrected chi connectivity index (χ3v) is 10.7. The van der Waals surface area contributed by atoms with E-state index in [1.807, 2.05) is 0 Å². The van der Waals surface area contributed by atoms with Crippen LogP contribution in [0.1, 0.15) is 76.6 Å². The average molecular weight is 583 g/mol. The molecule has 0 saturated carbocycles. The van der Waals surface area contributed by atoms with Gasteiger partial charge >= 0.3 is 0 Å². The van der Waals surface area contributed by atoms with E-state index >= 15 is 0 Å². The van der Waals surface area contributed by atoms with Gasteiger partial charge in [0, 0.05) is 27.0 Å². The van der Waals surface area contributed by atoms with Crippen LogP contribution in [0.4, 0.5) is 0 Å². The molecule has 45 heavy (non-hydrogen) atoms. The minimum Gasteiger partial charge on any atom is -0.455 e. The molecular formula is C44H38O. The molecule has 1 heterocycles. The smallest absolute Gasteiger partial charge is 0.143 e. The van der Waals surface area contributed by atoms with Gasteiger partial charge in [0.05, 0.1) is 0 Å². The highest BCUT2D eigenvalue weighted by atomic mass is 16.3. The molecule has 1 heteroatoms. The topological polar surface area (TPSA) is 13.1 Å². The summed E-state index contributed by atoms with van der Waals surface area (Å²) in [6.07, 6.45) is 0. The summed E-state index contributed by atoms with van der Waals surface area (Å²) in [6, 6.07) is 37.0. The van der Waals surface area contributed by atoms with Crippen molar-refractivity contribution in [3.63, 3.8) is 0 Å². The van der Waals surface area contributed by atoms with Gasteiger partial charge in [-0.05, 0) is 108 Å². The van der Waals surface area contributed by atoms with E-state index in [1.54, 1.807) is 0 Å². The van der Waals surface area contributed by atoms with Crippen molar-refractivity contribution < 1.29 is 4.42 Å². The van der Waals surface area contributed by atoms with Crippen LogP contribution in [0.5, 0.6) is 0 Å². The molecule has 9 rings (SSSR count). The maximum atomic E-state index is 6.80. The minimum absolute atomic E-state index is 0.0551. The molecule has 0 atom stereocenters. The summed E-state index contributed by atoms with van der Waals surface area (Å²) < 4.78 is 6.80. The molecule has 0 amide bonds. The molecule has 1 aliphatic rings. The zero-order valence-corrected chi connectivity index (χ0v) is 27.2. The molecule has 1 nitrogen and oxygen atoms in total. The molecule has 0 aliphatic heterocycles. The predicted octanol–water partition coefficient (Wildman–Crippen LogP) is 12.9. The summed E-state index contributed by atoms with van der Waals surface area (Å²) >= 11 is 0. The van der Waals surface area contributed by atoms with Crippen LogP contribution in [-0.4, -0.2) is 0 Å². The summed E-state index contributed by atoms with van der Waals surface area (Å²) in [5.74, 6) is 0.459. The van der Waals surface area contributed by atoms with Crippen LogP contribution in [0.15, 0.2) is 101 Å². The first kappa shape index (κ1) is 26.8. The first-order valence-electron chi connectivity index (χ1n) is 16.4. The molecule has 1 aromatic heterocycles. The monoisotopic (exact) mass is 582 g/mol. The lowest BCUT2D eigenvalue weighted by atomic mass is 9.77. The maximum absolute atomic E-state index is 6.80. The molecule has 0 bridgehead atoms. The molecule has 0 saturated heterocycles. The highest BCUT2D eigenvalue weighted by Gasteiger charge is 2.38. The maximum Gasteiger partial charge on any atom is 0.143 e. The van der Waals surface area contributed by atoms with Crippen LogP contribution < -0.4 is 0 Å². The lowest BCUT2D eigenvalue weighted by molar-refractivity contribution is 0.590. The van der Waals surface area contributed by atoms with Gasteiger partial charge in [-0.2, -0.15) is 0 Å². The second kappa shape index (κ2) is 8.76. The highest BCUT2D eigenvalue weighted by molar-refractivity contribution is 6.33.